The number of amides is 3. The molecule has 2 heterocycles. The van der Waals surface area contributed by atoms with Crippen LogP contribution in [-0.4, -0.2) is 41.7 Å². The quantitative estimate of drug-likeness (QED) is 0.673. The molecule has 0 spiro atoms. The Morgan fingerprint density at radius 2 is 2.40 bits per heavy atom. The van der Waals surface area contributed by atoms with E-state index in [2.05, 4.69) is 5.10 Å². The van der Waals surface area contributed by atoms with Crippen molar-refractivity contribution in [1.29, 1.82) is 0 Å². The number of hydrogen-bond acceptors (Lipinski definition) is 4. The van der Waals surface area contributed by atoms with Gasteiger partial charge < -0.3 is 4.42 Å². The lowest BCUT2D eigenvalue weighted by Crippen LogP contribution is -2.27. The topological polar surface area (TPSA) is 66.1 Å². The van der Waals surface area contributed by atoms with Gasteiger partial charge in [0.25, 0.3) is 0 Å². The summed E-state index contributed by atoms with van der Waals surface area (Å²) in [5.74, 6) is 0.552. The van der Waals surface area contributed by atoms with Crippen molar-refractivity contribution < 1.29 is 14.0 Å². The van der Waals surface area contributed by atoms with Gasteiger partial charge >= 0.3 is 12.4 Å². The van der Waals surface area contributed by atoms with Crippen LogP contribution in [0.25, 0.3) is 0 Å². The van der Waals surface area contributed by atoms with Crippen molar-refractivity contribution in [3.05, 3.63) is 24.2 Å². The molecule has 0 N–H and O–H groups in total. The fourth-order valence-corrected chi connectivity index (χ4v) is 1.21. The summed E-state index contributed by atoms with van der Waals surface area (Å²) in [6.07, 6.45) is 4.47. The van der Waals surface area contributed by atoms with E-state index >= 15 is 0 Å². The van der Waals surface area contributed by atoms with Gasteiger partial charge in [-0.25, -0.2) is 9.80 Å². The Bertz CT molecular complexity index is 385. The van der Waals surface area contributed by atoms with Crippen molar-refractivity contribution in [1.82, 2.24) is 9.91 Å². The van der Waals surface area contributed by atoms with E-state index in [0.717, 1.165) is 4.90 Å². The van der Waals surface area contributed by atoms with Gasteiger partial charge in [0.2, 0.25) is 0 Å². The fourth-order valence-electron chi connectivity index (χ4n) is 1.21. The molecule has 3 amide bonds. The molecular weight excluding hydrogens is 198 g/mol. The second kappa shape index (κ2) is 3.95. The van der Waals surface area contributed by atoms with Gasteiger partial charge in [-0.15, -0.1) is 0 Å². The normalized spacial score (nSPS) is 16.7. The highest BCUT2D eigenvalue weighted by Gasteiger charge is 2.28. The molecule has 1 aromatic rings. The van der Waals surface area contributed by atoms with Crippen LogP contribution in [0, 0.1) is 0 Å². The molecule has 15 heavy (non-hydrogen) atoms. The van der Waals surface area contributed by atoms with Gasteiger partial charge in [-0.1, -0.05) is 0 Å². The molecule has 1 aliphatic heterocycles. The molecule has 6 nitrogen and oxygen atoms in total. The first kappa shape index (κ1) is 9.45. The van der Waals surface area contributed by atoms with Gasteiger partial charge in [-0.05, 0) is 12.1 Å². The van der Waals surface area contributed by atoms with Crippen LogP contribution in [0.15, 0.2) is 27.9 Å². The lowest BCUT2D eigenvalue weighted by Gasteiger charge is -2.06. The number of carbonyl (C=O) groups excluding carboxylic acids is 2. The van der Waals surface area contributed by atoms with E-state index < -0.39 is 6.03 Å². The molecule has 1 aromatic heterocycles. The second-order valence-corrected chi connectivity index (χ2v) is 2.91. The molecule has 6 heteroatoms. The summed E-state index contributed by atoms with van der Waals surface area (Å²) in [4.78, 5) is 22.6. The molecule has 77 valence electrons. The minimum atomic E-state index is -0.465. The van der Waals surface area contributed by atoms with Crippen LogP contribution in [0.5, 0.6) is 0 Å². The Labute approximate surface area is 85.8 Å². The lowest BCUT2D eigenvalue weighted by molar-refractivity contribution is 0.206. The van der Waals surface area contributed by atoms with E-state index in [-0.39, 0.29) is 0 Å². The van der Waals surface area contributed by atoms with E-state index in [4.69, 9.17) is 4.42 Å². The largest absolute Gasteiger partial charge is 0.463 e. The van der Waals surface area contributed by atoms with Crippen LogP contribution in [0.4, 0.5) is 4.79 Å². The van der Waals surface area contributed by atoms with Crippen molar-refractivity contribution >= 4 is 18.7 Å². The zero-order chi connectivity index (χ0) is 10.7. The van der Waals surface area contributed by atoms with E-state index in [9.17, 15) is 9.59 Å². The highest BCUT2D eigenvalue weighted by molar-refractivity contribution is 5.87. The van der Waals surface area contributed by atoms with Gasteiger partial charge in [0, 0.05) is 0 Å². The molecule has 2 rings (SSSR count). The maximum atomic E-state index is 11.3. The SMILES string of the molecule is O=[C]N1CCN(/N=C/c2ccco2)C1=O. The summed E-state index contributed by atoms with van der Waals surface area (Å²) in [5.41, 5.74) is 0. The van der Waals surface area contributed by atoms with Crippen LogP contribution in [0.3, 0.4) is 0 Å². The molecule has 1 aliphatic rings. The number of furan rings is 1. The summed E-state index contributed by atoms with van der Waals surface area (Å²) in [7, 11) is 0. The first-order valence-corrected chi connectivity index (χ1v) is 4.35. The number of rotatable bonds is 3. The van der Waals surface area contributed by atoms with Crippen molar-refractivity contribution in [3.63, 3.8) is 0 Å². The summed E-state index contributed by atoms with van der Waals surface area (Å²) in [6.45, 7) is 0.698. The van der Waals surface area contributed by atoms with Crippen molar-refractivity contribution in [2.24, 2.45) is 5.10 Å². The maximum absolute atomic E-state index is 11.3. The van der Waals surface area contributed by atoms with Crippen molar-refractivity contribution in [2.75, 3.05) is 13.1 Å². The molecule has 0 aliphatic carbocycles. The summed E-state index contributed by atoms with van der Waals surface area (Å²) >= 11 is 0. The number of imide groups is 1. The van der Waals surface area contributed by atoms with Gasteiger partial charge in [-0.3, -0.25) is 9.69 Å². The van der Waals surface area contributed by atoms with Crippen molar-refractivity contribution in [2.45, 2.75) is 0 Å². The Morgan fingerprint density at radius 3 is 3.00 bits per heavy atom. The third kappa shape index (κ3) is 1.88. The van der Waals surface area contributed by atoms with Crippen LogP contribution in [0.2, 0.25) is 0 Å². The zero-order valence-corrected chi connectivity index (χ0v) is 7.79. The van der Waals surface area contributed by atoms with Crippen LogP contribution >= 0.6 is 0 Å². The number of hydrogen-bond donors (Lipinski definition) is 0. The molecule has 0 bridgehead atoms. The molecule has 1 saturated heterocycles. The van der Waals surface area contributed by atoms with Crippen LogP contribution in [-0.2, 0) is 4.79 Å². The Hall–Kier alpha value is -2.11. The Kier molecular flexibility index (Phi) is 2.49. The highest BCUT2D eigenvalue weighted by atomic mass is 16.3. The summed E-state index contributed by atoms with van der Waals surface area (Å²) < 4.78 is 5.00. The molecule has 0 unspecified atom stereocenters. The number of nitrogens with zero attached hydrogens (tertiary/aromatic N) is 3. The smallest absolute Gasteiger partial charge is 0.347 e. The molecular formula is C9H8N3O3. The second-order valence-electron chi connectivity index (χ2n) is 2.91. The number of carbonyl (C=O) groups is 1. The predicted octanol–water partition coefficient (Wildman–Crippen LogP) is 0.418. The minimum Gasteiger partial charge on any atom is -0.463 e. The summed E-state index contributed by atoms with van der Waals surface area (Å²) in [5, 5.41) is 5.08. The van der Waals surface area contributed by atoms with Crippen molar-refractivity contribution in [3.8, 4) is 0 Å². The predicted molar refractivity (Wildman–Crippen MR) is 50.8 cm³/mol. The minimum absolute atomic E-state index is 0.317. The van der Waals surface area contributed by atoms with Crippen LogP contribution in [0.1, 0.15) is 5.76 Å². The first-order chi connectivity index (χ1) is 7.31. The van der Waals surface area contributed by atoms with E-state index in [1.54, 1.807) is 12.1 Å². The Morgan fingerprint density at radius 1 is 1.53 bits per heavy atom. The average molecular weight is 206 g/mol. The zero-order valence-electron chi connectivity index (χ0n) is 7.79. The van der Waals surface area contributed by atoms with Gasteiger partial charge in [-0.2, -0.15) is 5.10 Å². The molecule has 0 aromatic carbocycles. The van der Waals surface area contributed by atoms with E-state index in [1.807, 2.05) is 0 Å². The molecule has 1 fully saturated rings. The summed E-state index contributed by atoms with van der Waals surface area (Å²) in [6, 6.07) is 2.97. The third-order valence-electron chi connectivity index (χ3n) is 1.96. The molecule has 0 saturated carbocycles. The highest BCUT2D eigenvalue weighted by Crippen LogP contribution is 2.06. The van der Waals surface area contributed by atoms with Gasteiger partial charge in [0.15, 0.2) is 0 Å². The van der Waals surface area contributed by atoms with Gasteiger partial charge in [0.05, 0.1) is 25.6 Å². The van der Waals surface area contributed by atoms with E-state index in [0.29, 0.717) is 18.8 Å². The Balaban J connectivity index is 2.02. The molecule has 1 radical (unpaired) electrons. The van der Waals surface area contributed by atoms with Gasteiger partial charge in [0.1, 0.15) is 5.76 Å². The first-order valence-electron chi connectivity index (χ1n) is 4.35. The number of hydrazone groups is 1. The maximum Gasteiger partial charge on any atom is 0.347 e. The fraction of sp³-hybridized carbons (Fsp3) is 0.222. The monoisotopic (exact) mass is 206 g/mol. The third-order valence-corrected chi connectivity index (χ3v) is 1.96. The van der Waals surface area contributed by atoms with Crippen LogP contribution < -0.4 is 0 Å². The number of urea groups is 1. The standard InChI is InChI=1S/C9H8N3O3/c13-7-11-3-4-12(9(11)14)10-6-8-2-1-5-15-8/h1-2,5-6H,3-4H2/b10-6+. The molecule has 0 atom stereocenters. The lowest BCUT2D eigenvalue weighted by atomic mass is 10.5. The average Bonchev–Trinajstić information content (AvgIpc) is 2.85. The van der Waals surface area contributed by atoms with E-state index in [1.165, 1.54) is 23.9 Å².